The van der Waals surface area contributed by atoms with Crippen molar-refractivity contribution in [3.63, 3.8) is 0 Å². The number of ether oxygens (including phenoxy) is 2. The number of amides is 1. The molecular weight excluding hydrogens is 484 g/mol. The number of allylic oxidation sites excluding steroid dienone is 1. The number of thioether (sulfide) groups is 1. The second-order valence-corrected chi connectivity index (χ2v) is 8.88. The standard InChI is InChI=1S/C22H21BrN2O3S2/c1-3-5-17-10-16(12-24-25-20(26)14-30-22(25)29)11-19(27-4-2)21(17)28-13-15-6-8-18(23)9-7-15/h3,6-12H,1,4-5,13-14H2,2H3/b24-12-. The third-order valence-corrected chi connectivity index (χ3v) is 6.03. The van der Waals surface area contributed by atoms with Gasteiger partial charge in [0.05, 0.1) is 18.6 Å². The molecule has 0 N–H and O–H groups in total. The lowest BCUT2D eigenvalue weighted by molar-refractivity contribution is -0.123. The van der Waals surface area contributed by atoms with Gasteiger partial charge in [0.1, 0.15) is 6.61 Å². The lowest BCUT2D eigenvalue weighted by Gasteiger charge is -2.17. The van der Waals surface area contributed by atoms with Crippen molar-refractivity contribution in [1.82, 2.24) is 5.01 Å². The van der Waals surface area contributed by atoms with E-state index in [4.69, 9.17) is 21.7 Å². The van der Waals surface area contributed by atoms with E-state index >= 15 is 0 Å². The Bertz CT molecular complexity index is 961. The topological polar surface area (TPSA) is 51.1 Å². The highest BCUT2D eigenvalue weighted by molar-refractivity contribution is 9.10. The van der Waals surface area contributed by atoms with Gasteiger partial charge in [-0.15, -0.1) is 6.58 Å². The third kappa shape index (κ3) is 5.71. The van der Waals surface area contributed by atoms with Crippen molar-refractivity contribution in [3.05, 3.63) is 70.2 Å². The van der Waals surface area contributed by atoms with Crippen LogP contribution in [0.3, 0.4) is 0 Å². The Morgan fingerprint density at radius 3 is 2.70 bits per heavy atom. The molecule has 1 saturated heterocycles. The maximum absolute atomic E-state index is 11.9. The largest absolute Gasteiger partial charge is 0.490 e. The SMILES string of the molecule is C=CCc1cc(/C=N\N2C(=O)CSC2=S)cc(OCC)c1OCc1ccc(Br)cc1. The fourth-order valence-electron chi connectivity index (χ4n) is 2.81. The molecule has 1 amide bonds. The van der Waals surface area contributed by atoms with Crippen LogP contribution in [-0.4, -0.2) is 33.8 Å². The van der Waals surface area contributed by atoms with Crippen molar-refractivity contribution in [2.45, 2.75) is 20.0 Å². The monoisotopic (exact) mass is 504 g/mol. The number of hydrogen-bond acceptors (Lipinski definition) is 6. The van der Waals surface area contributed by atoms with Crippen molar-refractivity contribution in [2.75, 3.05) is 12.4 Å². The first-order valence-corrected chi connectivity index (χ1v) is 11.5. The molecule has 2 aromatic rings. The number of thiocarbonyl (C=S) groups is 1. The molecule has 0 aromatic heterocycles. The first-order chi connectivity index (χ1) is 14.5. The average Bonchev–Trinajstić information content (AvgIpc) is 3.05. The second-order valence-electron chi connectivity index (χ2n) is 6.35. The van der Waals surface area contributed by atoms with Gasteiger partial charge >= 0.3 is 0 Å². The van der Waals surface area contributed by atoms with Crippen LogP contribution in [0.2, 0.25) is 0 Å². The Hall–Kier alpha value is -2.16. The van der Waals surface area contributed by atoms with Crippen LogP contribution in [0.25, 0.3) is 0 Å². The van der Waals surface area contributed by atoms with Crippen LogP contribution in [0.5, 0.6) is 11.5 Å². The number of halogens is 1. The van der Waals surface area contributed by atoms with Crippen LogP contribution in [0.1, 0.15) is 23.6 Å². The van der Waals surface area contributed by atoms with E-state index in [0.717, 1.165) is 21.2 Å². The second kappa shape index (κ2) is 10.7. The molecule has 0 saturated carbocycles. The van der Waals surface area contributed by atoms with Crippen LogP contribution in [-0.2, 0) is 17.8 Å². The first kappa shape index (κ1) is 22.5. The normalized spacial score (nSPS) is 13.9. The molecule has 0 unspecified atom stereocenters. The number of hydrogen-bond donors (Lipinski definition) is 0. The van der Waals surface area contributed by atoms with Gasteiger partial charge in [0, 0.05) is 10.0 Å². The quantitative estimate of drug-likeness (QED) is 0.261. The molecule has 1 heterocycles. The highest BCUT2D eigenvalue weighted by Gasteiger charge is 2.26. The Labute approximate surface area is 194 Å². The summed E-state index contributed by atoms with van der Waals surface area (Å²) in [5.74, 6) is 1.51. The van der Waals surface area contributed by atoms with Crippen molar-refractivity contribution in [3.8, 4) is 11.5 Å². The molecule has 0 radical (unpaired) electrons. The van der Waals surface area contributed by atoms with Gasteiger partial charge in [-0.25, -0.2) is 0 Å². The predicted octanol–water partition coefficient (Wildman–Crippen LogP) is 5.35. The zero-order chi connectivity index (χ0) is 21.5. The van der Waals surface area contributed by atoms with Gasteiger partial charge in [-0.3, -0.25) is 4.79 Å². The van der Waals surface area contributed by atoms with E-state index in [1.807, 2.05) is 49.4 Å². The Morgan fingerprint density at radius 1 is 1.30 bits per heavy atom. The van der Waals surface area contributed by atoms with Gasteiger partial charge in [-0.1, -0.05) is 58.1 Å². The molecule has 2 aromatic carbocycles. The van der Waals surface area contributed by atoms with Gasteiger partial charge < -0.3 is 9.47 Å². The van der Waals surface area contributed by atoms with E-state index in [1.54, 1.807) is 6.21 Å². The summed E-state index contributed by atoms with van der Waals surface area (Å²) in [4.78, 5) is 11.9. The number of benzene rings is 2. The first-order valence-electron chi connectivity index (χ1n) is 9.33. The van der Waals surface area contributed by atoms with E-state index in [1.165, 1.54) is 16.8 Å². The van der Waals surface area contributed by atoms with E-state index in [9.17, 15) is 4.79 Å². The van der Waals surface area contributed by atoms with Crippen LogP contribution in [0.15, 0.2) is 58.6 Å². The lowest BCUT2D eigenvalue weighted by atomic mass is 10.1. The Morgan fingerprint density at radius 2 is 2.07 bits per heavy atom. The van der Waals surface area contributed by atoms with Gasteiger partial charge in [-0.05, 0) is 48.7 Å². The minimum atomic E-state index is -0.118. The zero-order valence-electron chi connectivity index (χ0n) is 16.5. The Kier molecular flexibility index (Phi) is 8.07. The highest BCUT2D eigenvalue weighted by atomic mass is 79.9. The molecule has 0 atom stereocenters. The summed E-state index contributed by atoms with van der Waals surface area (Å²) in [7, 11) is 0. The minimum Gasteiger partial charge on any atom is -0.490 e. The van der Waals surface area contributed by atoms with Crippen LogP contribution in [0.4, 0.5) is 0 Å². The fraction of sp³-hybridized carbons (Fsp3) is 0.227. The number of carbonyl (C=O) groups excluding carboxylic acids is 1. The molecule has 156 valence electrons. The summed E-state index contributed by atoms with van der Waals surface area (Å²) in [6.07, 6.45) is 4.03. The number of hydrazone groups is 1. The molecule has 0 bridgehead atoms. The number of nitrogens with zero attached hydrogens (tertiary/aromatic N) is 2. The van der Waals surface area contributed by atoms with Crippen molar-refractivity contribution in [2.24, 2.45) is 5.10 Å². The minimum absolute atomic E-state index is 0.118. The lowest BCUT2D eigenvalue weighted by Crippen LogP contribution is -2.22. The summed E-state index contributed by atoms with van der Waals surface area (Å²) in [5, 5.41) is 5.51. The fourth-order valence-corrected chi connectivity index (χ4v) is 4.04. The molecule has 5 nitrogen and oxygen atoms in total. The number of carbonyl (C=O) groups is 1. The molecule has 0 spiro atoms. The summed E-state index contributed by atoms with van der Waals surface area (Å²) < 4.78 is 13.5. The smallest absolute Gasteiger partial charge is 0.259 e. The molecule has 1 aliphatic heterocycles. The van der Waals surface area contributed by atoms with Crippen LogP contribution in [0, 0.1) is 0 Å². The highest BCUT2D eigenvalue weighted by Crippen LogP contribution is 2.34. The molecular formula is C22H21BrN2O3S2. The molecule has 0 aliphatic carbocycles. The summed E-state index contributed by atoms with van der Waals surface area (Å²) in [6.45, 7) is 6.68. The Balaban J connectivity index is 1.88. The van der Waals surface area contributed by atoms with Crippen molar-refractivity contribution >= 4 is 56.4 Å². The number of rotatable bonds is 9. The molecule has 1 fully saturated rings. The van der Waals surface area contributed by atoms with Crippen molar-refractivity contribution < 1.29 is 14.3 Å². The van der Waals surface area contributed by atoms with E-state index in [-0.39, 0.29) is 5.91 Å². The van der Waals surface area contributed by atoms with Gasteiger partial charge in [0.25, 0.3) is 5.91 Å². The maximum Gasteiger partial charge on any atom is 0.259 e. The molecule has 8 heteroatoms. The summed E-state index contributed by atoms with van der Waals surface area (Å²) in [5.41, 5.74) is 2.77. The molecule has 3 rings (SSSR count). The predicted molar refractivity (Wildman–Crippen MR) is 129 cm³/mol. The summed E-state index contributed by atoms with van der Waals surface area (Å²) in [6, 6.07) is 11.8. The van der Waals surface area contributed by atoms with Crippen LogP contribution < -0.4 is 9.47 Å². The van der Waals surface area contributed by atoms with Crippen molar-refractivity contribution in [1.29, 1.82) is 0 Å². The zero-order valence-corrected chi connectivity index (χ0v) is 19.7. The van der Waals surface area contributed by atoms with Gasteiger partial charge in [0.15, 0.2) is 15.8 Å². The van der Waals surface area contributed by atoms with Gasteiger partial charge in [-0.2, -0.15) is 10.1 Å². The molecule has 30 heavy (non-hydrogen) atoms. The third-order valence-electron chi connectivity index (χ3n) is 4.17. The van der Waals surface area contributed by atoms with E-state index in [0.29, 0.717) is 41.2 Å². The summed E-state index contributed by atoms with van der Waals surface area (Å²) >= 11 is 9.93. The maximum atomic E-state index is 11.9. The van der Waals surface area contributed by atoms with E-state index < -0.39 is 0 Å². The average molecular weight is 505 g/mol. The van der Waals surface area contributed by atoms with Gasteiger partial charge in [0.2, 0.25) is 0 Å². The van der Waals surface area contributed by atoms with E-state index in [2.05, 4.69) is 27.6 Å². The van der Waals surface area contributed by atoms with Crippen LogP contribution >= 0.6 is 39.9 Å². The molecule has 1 aliphatic rings.